The van der Waals surface area contributed by atoms with Crippen molar-refractivity contribution >= 4 is 5.97 Å². The van der Waals surface area contributed by atoms with E-state index in [2.05, 4.69) is 5.32 Å². The van der Waals surface area contributed by atoms with Gasteiger partial charge < -0.3 is 22.2 Å². The maximum absolute atomic E-state index is 13.3. The van der Waals surface area contributed by atoms with E-state index in [-0.39, 0.29) is 66.0 Å². The van der Waals surface area contributed by atoms with Crippen LogP contribution in [0.3, 0.4) is 0 Å². The topological polar surface area (TPSA) is 47.6 Å². The Morgan fingerprint density at radius 2 is 1.65 bits per heavy atom. The first-order chi connectivity index (χ1) is 16.4. The zero-order valence-electron chi connectivity index (χ0n) is 20.6. The van der Waals surface area contributed by atoms with Gasteiger partial charge in [0.2, 0.25) is 0 Å². The van der Waals surface area contributed by atoms with Crippen LogP contribution >= 0.6 is 0 Å². The van der Waals surface area contributed by atoms with Gasteiger partial charge in [0.05, 0.1) is 41.9 Å². The number of alkyl halides is 6. The van der Waals surface area contributed by atoms with Gasteiger partial charge in [0, 0.05) is 28.4 Å². The van der Waals surface area contributed by atoms with Crippen molar-refractivity contribution in [3.63, 3.8) is 0 Å². The van der Waals surface area contributed by atoms with Gasteiger partial charge in [-0.1, -0.05) is 30.3 Å². The van der Waals surface area contributed by atoms with Gasteiger partial charge >= 0.3 is 18.3 Å². The number of nitrogens with one attached hydrogen (secondary N) is 1. The fourth-order valence-corrected chi connectivity index (χ4v) is 4.18. The summed E-state index contributed by atoms with van der Waals surface area (Å²) in [5.74, 6) is -0.679. The maximum atomic E-state index is 13.3. The van der Waals surface area contributed by atoms with Crippen molar-refractivity contribution in [2.24, 2.45) is 5.92 Å². The average Bonchev–Trinajstić information content (AvgIpc) is 2.82. The zero-order chi connectivity index (χ0) is 25.9. The normalized spacial score (nSPS) is 20.8. The van der Waals surface area contributed by atoms with Gasteiger partial charge in [0.15, 0.2) is 0 Å². The molecular formula is C26H32F6NO3Pd-. The summed E-state index contributed by atoms with van der Waals surface area (Å²) in [4.78, 5) is 12.1. The number of ether oxygens (including phenoxy) is 2. The summed E-state index contributed by atoms with van der Waals surface area (Å²) in [5, 5.41) is 3.33. The summed E-state index contributed by atoms with van der Waals surface area (Å²) in [6.45, 7) is 3.67. The second-order valence-electron chi connectivity index (χ2n) is 8.61. The van der Waals surface area contributed by atoms with Gasteiger partial charge in [-0.25, -0.2) is 0 Å². The van der Waals surface area contributed by atoms with Crippen molar-refractivity contribution in [2.75, 3.05) is 19.8 Å². The minimum absolute atomic E-state index is 0. The molecule has 0 spiro atoms. The molecule has 1 fully saturated rings. The van der Waals surface area contributed by atoms with E-state index in [1.807, 2.05) is 30.3 Å². The Kier molecular flexibility index (Phi) is 11.8. The van der Waals surface area contributed by atoms with E-state index in [9.17, 15) is 31.1 Å². The summed E-state index contributed by atoms with van der Waals surface area (Å²) >= 11 is 0. The van der Waals surface area contributed by atoms with E-state index < -0.39 is 35.1 Å². The number of esters is 1. The molecule has 1 aliphatic rings. The Bertz CT molecular complexity index is 980. The van der Waals surface area contributed by atoms with E-state index in [0.717, 1.165) is 5.56 Å². The van der Waals surface area contributed by atoms with Crippen LogP contribution in [0, 0.1) is 13.3 Å². The Hall–Kier alpha value is -1.93. The first-order valence-corrected chi connectivity index (χ1v) is 11.2. The van der Waals surface area contributed by atoms with Gasteiger partial charge in [-0.05, 0) is 56.0 Å². The van der Waals surface area contributed by atoms with E-state index in [1.54, 1.807) is 6.92 Å². The first-order valence-electron chi connectivity index (χ1n) is 11.2. The van der Waals surface area contributed by atoms with Crippen LogP contribution < -0.4 is 5.32 Å². The van der Waals surface area contributed by atoms with E-state index in [1.165, 1.54) is 6.92 Å². The molecule has 0 saturated carbocycles. The molecule has 1 N–H and O–H groups in total. The molecule has 0 amide bonds. The fourth-order valence-electron chi connectivity index (χ4n) is 4.18. The SMILES string of the molecule is CCOC(=O)C1CC[C@@](CO[C@H](C)c2cc(C(F)(F)F)cc(C(F)(F)F)c2)(c2ccccc2)NC1.[CH3-].[HH].[Pd]. The molecule has 0 radical (unpaired) electrons. The van der Waals surface area contributed by atoms with Gasteiger partial charge in [-0.2, -0.15) is 26.3 Å². The molecule has 4 nitrogen and oxygen atoms in total. The zero-order valence-corrected chi connectivity index (χ0v) is 22.2. The van der Waals surface area contributed by atoms with Gasteiger partial charge in [0.25, 0.3) is 0 Å². The molecule has 2 aromatic carbocycles. The smallest absolute Gasteiger partial charge is 0.416 e. The number of hydrogen-bond acceptors (Lipinski definition) is 4. The second kappa shape index (κ2) is 13.2. The van der Waals surface area contributed by atoms with Crippen LogP contribution in [-0.4, -0.2) is 25.7 Å². The summed E-state index contributed by atoms with van der Waals surface area (Å²) < 4.78 is 90.5. The van der Waals surface area contributed by atoms with Crippen LogP contribution in [0.4, 0.5) is 26.3 Å². The molecule has 1 unspecified atom stereocenters. The molecule has 1 heterocycles. The van der Waals surface area contributed by atoms with Gasteiger partial charge in [0.1, 0.15) is 0 Å². The van der Waals surface area contributed by atoms with Crippen LogP contribution in [0.25, 0.3) is 0 Å². The number of halogens is 6. The Morgan fingerprint density at radius 1 is 1.08 bits per heavy atom. The second-order valence-corrected chi connectivity index (χ2v) is 8.61. The van der Waals surface area contributed by atoms with E-state index in [4.69, 9.17) is 9.47 Å². The quantitative estimate of drug-likeness (QED) is 0.156. The van der Waals surface area contributed by atoms with Crippen LogP contribution in [0.15, 0.2) is 48.5 Å². The monoisotopic (exact) mass is 626 g/mol. The largest absolute Gasteiger partial charge is 0.466 e. The van der Waals surface area contributed by atoms with Gasteiger partial charge in [-0.3, -0.25) is 4.79 Å². The van der Waals surface area contributed by atoms with Crippen molar-refractivity contribution in [1.29, 1.82) is 0 Å². The predicted octanol–water partition coefficient (Wildman–Crippen LogP) is 6.95. The number of piperidine rings is 1. The van der Waals surface area contributed by atoms with Crippen LogP contribution in [0.2, 0.25) is 0 Å². The molecule has 0 aromatic heterocycles. The predicted molar refractivity (Wildman–Crippen MR) is 125 cm³/mol. The Labute approximate surface area is 228 Å². The number of rotatable bonds is 7. The van der Waals surface area contributed by atoms with Gasteiger partial charge in [-0.15, -0.1) is 0 Å². The molecule has 0 aliphatic carbocycles. The van der Waals surface area contributed by atoms with Crippen molar-refractivity contribution in [3.05, 3.63) is 78.2 Å². The number of hydrogen-bond donors (Lipinski definition) is 1. The number of carbonyl (C=O) groups is 1. The molecule has 1 saturated heterocycles. The summed E-state index contributed by atoms with van der Waals surface area (Å²) in [7, 11) is 0. The standard InChI is InChI=1S/C25H27F6NO3.CH3.Pd.H2/c1-3-34-22(33)17-9-10-23(32-14-17,19-7-5-4-6-8-19)15-35-16(2)18-11-20(24(26,27)28)13-21(12-18)25(29,30)31;;;/h4-8,11-13,16-17,32H,3,9-10,14-15H2,1-2H3;1H3;;1H/q;-1;;/t16-,17?,23-;;;/m1.../s1. The molecule has 212 valence electrons. The van der Waals surface area contributed by atoms with Crippen molar-refractivity contribution in [3.8, 4) is 0 Å². The first kappa shape index (κ1) is 33.1. The van der Waals surface area contributed by atoms with Crippen molar-refractivity contribution in [2.45, 2.75) is 50.7 Å². The summed E-state index contributed by atoms with van der Waals surface area (Å²) in [6.07, 6.45) is -9.98. The summed E-state index contributed by atoms with van der Waals surface area (Å²) in [6, 6.07) is 10.6. The van der Waals surface area contributed by atoms with E-state index in [0.29, 0.717) is 31.5 Å². The molecule has 3 atom stereocenters. The molecule has 0 bridgehead atoms. The average molecular weight is 627 g/mol. The third-order valence-corrected chi connectivity index (χ3v) is 6.21. The third kappa shape index (κ3) is 8.28. The van der Waals surface area contributed by atoms with E-state index >= 15 is 0 Å². The van der Waals surface area contributed by atoms with Crippen molar-refractivity contribution in [1.82, 2.24) is 5.32 Å². The molecule has 2 aromatic rings. The Morgan fingerprint density at radius 3 is 2.11 bits per heavy atom. The molecule has 11 heteroatoms. The minimum Gasteiger partial charge on any atom is -0.466 e. The van der Waals surface area contributed by atoms with Crippen molar-refractivity contribution < 1.29 is 62.5 Å². The van der Waals surface area contributed by atoms with Crippen LogP contribution in [0.1, 0.15) is 56.5 Å². The minimum atomic E-state index is -4.94. The van der Waals surface area contributed by atoms with Crippen LogP contribution in [-0.2, 0) is 52.6 Å². The van der Waals surface area contributed by atoms with Crippen LogP contribution in [0.5, 0.6) is 0 Å². The summed E-state index contributed by atoms with van der Waals surface area (Å²) in [5.41, 5.74) is -2.93. The maximum Gasteiger partial charge on any atom is 0.416 e. The number of benzene rings is 2. The third-order valence-electron chi connectivity index (χ3n) is 6.21. The fraction of sp³-hybridized carbons (Fsp3) is 0.462. The Balaban J connectivity index is 0.00000456. The molecular weight excluding hydrogens is 595 g/mol. The number of carbonyl (C=O) groups excluding carboxylic acids is 1. The molecule has 37 heavy (non-hydrogen) atoms. The molecule has 3 rings (SSSR count). The molecule has 1 aliphatic heterocycles.